The van der Waals surface area contributed by atoms with Gasteiger partial charge in [0.05, 0.1) is 5.56 Å². The van der Waals surface area contributed by atoms with Crippen LogP contribution in [0.3, 0.4) is 0 Å². The van der Waals surface area contributed by atoms with Gasteiger partial charge in [0, 0.05) is 24.6 Å². The number of carboxylic acid groups (broad SMARTS) is 1. The zero-order chi connectivity index (χ0) is 27.8. The van der Waals surface area contributed by atoms with Gasteiger partial charge in [0.1, 0.15) is 17.1 Å². The van der Waals surface area contributed by atoms with Gasteiger partial charge in [-0.15, -0.1) is 0 Å². The molecule has 0 aliphatic carbocycles. The molecule has 2 amide bonds. The number of likely N-dealkylation sites (N-methyl/N-ethyl adjacent to an activating group) is 1. The average molecular weight is 509 g/mol. The number of rotatable bonds is 12. The van der Waals surface area contributed by atoms with Gasteiger partial charge in [0.15, 0.2) is 0 Å². The Bertz CT molecular complexity index is 1200. The normalized spacial score (nSPS) is 12.8. The fourth-order valence-electron chi connectivity index (χ4n) is 3.96. The van der Waals surface area contributed by atoms with Crippen molar-refractivity contribution in [3.05, 3.63) is 71.3 Å². The van der Waals surface area contributed by atoms with Crippen LogP contribution in [0.1, 0.15) is 61.5 Å². The van der Waals surface area contributed by atoms with Gasteiger partial charge in [-0.2, -0.15) is 0 Å². The topological polar surface area (TPSA) is 177 Å². The number of ether oxygens (including phenoxy) is 1. The number of allylic oxidation sites excluding steroid dienone is 1. The van der Waals surface area contributed by atoms with Crippen molar-refractivity contribution >= 4 is 35.2 Å². The largest absolute Gasteiger partial charge is 0.479 e. The number of nitrogens with two attached hydrogens (primary N) is 2. The Morgan fingerprint density at radius 3 is 1.97 bits per heavy atom. The Kier molecular flexibility index (Phi) is 9.70. The number of esters is 1. The summed E-state index contributed by atoms with van der Waals surface area (Å²) in [5.74, 6) is -2.72. The number of nitrogens with one attached hydrogen (secondary N) is 1. The summed E-state index contributed by atoms with van der Waals surface area (Å²) in [4.78, 5) is 50.3. The van der Waals surface area contributed by atoms with E-state index in [0.717, 1.165) is 0 Å². The number of benzene rings is 2. The second-order valence-electron chi connectivity index (χ2n) is 8.47. The van der Waals surface area contributed by atoms with Gasteiger partial charge < -0.3 is 26.2 Å². The van der Waals surface area contributed by atoms with Crippen molar-refractivity contribution in [2.24, 2.45) is 11.5 Å². The Morgan fingerprint density at radius 1 is 0.973 bits per heavy atom. The summed E-state index contributed by atoms with van der Waals surface area (Å²) in [5, 5.41) is 17.3. The summed E-state index contributed by atoms with van der Waals surface area (Å²) in [6.45, 7) is 5.15. The maximum atomic E-state index is 13.1. The third-order valence-electron chi connectivity index (χ3n) is 6.16. The Morgan fingerprint density at radius 2 is 1.51 bits per heavy atom. The standard InChI is InChI=1S/C27H32N4O6/c1-4-27(26(35)36,15-14-22(28)32)31(5-2)23(33)16-17(3)18-6-8-20(9-7-18)25(34)37-21-12-10-19(11-13-21)24(29)30/h6-13,16H,4-5,14-15H2,1-3H3,(H2,28,32)(H3,29,30)(H,35,36)/t27-/m0/s1. The van der Waals surface area contributed by atoms with Gasteiger partial charge in [0.2, 0.25) is 11.8 Å². The fourth-order valence-corrected chi connectivity index (χ4v) is 3.96. The Hall–Kier alpha value is -4.47. The highest BCUT2D eigenvalue weighted by atomic mass is 16.5. The minimum Gasteiger partial charge on any atom is -0.479 e. The first-order valence-electron chi connectivity index (χ1n) is 11.7. The number of amidine groups is 1. The molecule has 0 aliphatic rings. The molecular formula is C27H32N4O6. The van der Waals surface area contributed by atoms with Crippen LogP contribution in [0.25, 0.3) is 5.57 Å². The number of primary amides is 1. The number of carboxylic acids is 1. The van der Waals surface area contributed by atoms with Crippen molar-refractivity contribution < 1.29 is 29.0 Å². The summed E-state index contributed by atoms with van der Waals surface area (Å²) < 4.78 is 5.34. The molecule has 0 spiro atoms. The van der Waals surface area contributed by atoms with E-state index in [2.05, 4.69) is 0 Å². The van der Waals surface area contributed by atoms with E-state index in [1.807, 2.05) is 0 Å². The number of aliphatic carboxylic acids is 1. The zero-order valence-electron chi connectivity index (χ0n) is 21.1. The predicted octanol–water partition coefficient (Wildman–Crippen LogP) is 2.94. The molecule has 0 heterocycles. The van der Waals surface area contributed by atoms with Crippen molar-refractivity contribution in [1.29, 1.82) is 5.41 Å². The summed E-state index contributed by atoms with van der Waals surface area (Å²) in [7, 11) is 0. The van der Waals surface area contributed by atoms with Crippen LogP contribution in [-0.2, 0) is 14.4 Å². The van der Waals surface area contributed by atoms with Crippen molar-refractivity contribution in [2.45, 2.75) is 45.6 Å². The molecule has 2 aromatic rings. The van der Waals surface area contributed by atoms with E-state index in [9.17, 15) is 24.3 Å². The predicted molar refractivity (Wildman–Crippen MR) is 139 cm³/mol. The summed E-state index contributed by atoms with van der Waals surface area (Å²) in [6, 6.07) is 12.7. The smallest absolute Gasteiger partial charge is 0.343 e. The highest BCUT2D eigenvalue weighted by molar-refractivity contribution is 5.99. The minimum atomic E-state index is -1.56. The van der Waals surface area contributed by atoms with Crippen LogP contribution in [-0.4, -0.2) is 51.7 Å². The SMILES string of the molecule is CCN(C(=O)C=C(C)c1ccc(C(=O)Oc2ccc(C(=N)N)cc2)cc1)[C@@](CC)(CCC(N)=O)C(=O)O. The molecule has 2 rings (SSSR count). The van der Waals surface area contributed by atoms with Crippen LogP contribution in [0.4, 0.5) is 0 Å². The number of nitrogens with zero attached hydrogens (tertiary/aromatic N) is 1. The van der Waals surface area contributed by atoms with Crippen molar-refractivity contribution in [3.63, 3.8) is 0 Å². The summed E-state index contributed by atoms with van der Waals surface area (Å²) in [6.07, 6.45) is 1.20. The molecule has 0 saturated heterocycles. The van der Waals surface area contributed by atoms with Crippen LogP contribution in [0.5, 0.6) is 5.75 Å². The van der Waals surface area contributed by atoms with Gasteiger partial charge in [0.25, 0.3) is 0 Å². The summed E-state index contributed by atoms with van der Waals surface area (Å²) in [5.41, 5.74) is 11.1. The van der Waals surface area contributed by atoms with E-state index in [0.29, 0.717) is 22.4 Å². The van der Waals surface area contributed by atoms with Crippen LogP contribution in [0.2, 0.25) is 0 Å². The molecule has 0 bridgehead atoms. The molecule has 1 atom stereocenters. The number of nitrogen functional groups attached to an aromatic ring is 1. The number of hydrogen-bond acceptors (Lipinski definition) is 6. The highest BCUT2D eigenvalue weighted by Crippen LogP contribution is 2.28. The van der Waals surface area contributed by atoms with Gasteiger partial charge in [-0.3, -0.25) is 15.0 Å². The third kappa shape index (κ3) is 7.03. The molecule has 0 fully saturated rings. The first-order valence-corrected chi connectivity index (χ1v) is 11.7. The quantitative estimate of drug-likeness (QED) is 0.112. The second kappa shape index (κ2) is 12.5. The fraction of sp³-hybridized carbons (Fsp3) is 0.296. The van der Waals surface area contributed by atoms with Gasteiger partial charge in [-0.25, -0.2) is 9.59 Å². The molecule has 0 aromatic heterocycles. The van der Waals surface area contributed by atoms with Crippen LogP contribution >= 0.6 is 0 Å². The van der Waals surface area contributed by atoms with Gasteiger partial charge in [-0.1, -0.05) is 19.1 Å². The molecule has 0 radical (unpaired) electrons. The maximum Gasteiger partial charge on any atom is 0.343 e. The summed E-state index contributed by atoms with van der Waals surface area (Å²) >= 11 is 0. The van der Waals surface area contributed by atoms with E-state index in [1.54, 1.807) is 57.2 Å². The Balaban J connectivity index is 2.20. The number of amides is 2. The number of hydrogen-bond donors (Lipinski definition) is 4. The third-order valence-corrected chi connectivity index (χ3v) is 6.16. The van der Waals surface area contributed by atoms with Gasteiger partial charge >= 0.3 is 11.9 Å². The highest BCUT2D eigenvalue weighted by Gasteiger charge is 2.44. The van der Waals surface area contributed by atoms with Crippen LogP contribution in [0.15, 0.2) is 54.6 Å². The van der Waals surface area contributed by atoms with E-state index >= 15 is 0 Å². The van der Waals surface area contributed by atoms with Crippen LogP contribution < -0.4 is 16.2 Å². The van der Waals surface area contributed by atoms with Crippen LogP contribution in [0, 0.1) is 5.41 Å². The van der Waals surface area contributed by atoms with Gasteiger partial charge in [-0.05, 0) is 74.2 Å². The van der Waals surface area contributed by atoms with E-state index in [-0.39, 0.29) is 37.2 Å². The zero-order valence-corrected chi connectivity index (χ0v) is 21.1. The molecule has 196 valence electrons. The maximum absolute atomic E-state index is 13.1. The molecule has 0 unspecified atom stereocenters. The molecule has 2 aromatic carbocycles. The van der Waals surface area contributed by atoms with E-state index < -0.39 is 29.3 Å². The minimum absolute atomic E-state index is 0.0884. The molecule has 0 aliphatic heterocycles. The molecule has 10 nitrogen and oxygen atoms in total. The number of carbonyl (C=O) groups is 4. The lowest BCUT2D eigenvalue weighted by atomic mass is 9.87. The molecule has 6 N–H and O–H groups in total. The van der Waals surface area contributed by atoms with Crippen molar-refractivity contribution in [1.82, 2.24) is 4.90 Å². The molecule has 0 saturated carbocycles. The lowest BCUT2D eigenvalue weighted by molar-refractivity contribution is -0.158. The van der Waals surface area contributed by atoms with E-state index in [1.165, 1.54) is 23.1 Å². The van der Waals surface area contributed by atoms with Crippen molar-refractivity contribution in [2.75, 3.05) is 6.54 Å². The Labute approximate surface area is 215 Å². The van der Waals surface area contributed by atoms with E-state index in [4.69, 9.17) is 21.6 Å². The molecular weight excluding hydrogens is 476 g/mol. The lowest BCUT2D eigenvalue weighted by Gasteiger charge is -2.39. The average Bonchev–Trinajstić information content (AvgIpc) is 2.86. The number of carbonyl (C=O) groups excluding carboxylic acids is 3. The monoisotopic (exact) mass is 508 g/mol. The molecule has 10 heteroatoms. The van der Waals surface area contributed by atoms with Crippen molar-refractivity contribution in [3.8, 4) is 5.75 Å². The second-order valence-corrected chi connectivity index (χ2v) is 8.47. The molecule has 37 heavy (non-hydrogen) atoms. The lowest BCUT2D eigenvalue weighted by Crippen LogP contribution is -2.56. The first-order chi connectivity index (χ1) is 17.4. The first kappa shape index (κ1) is 28.8.